The molecule has 17 heavy (non-hydrogen) atoms. The van der Waals surface area contributed by atoms with Gasteiger partial charge in [-0.25, -0.2) is 0 Å². The first kappa shape index (κ1) is 18.5. The number of rotatable bonds is 9. The van der Waals surface area contributed by atoms with Gasteiger partial charge in [-0.05, 0) is 25.7 Å². The summed E-state index contributed by atoms with van der Waals surface area (Å²) in [6, 6.07) is 0. The van der Waals surface area contributed by atoms with Crippen molar-refractivity contribution >= 4 is 5.97 Å². The topological polar surface area (TPSA) is 57.5 Å². The van der Waals surface area contributed by atoms with Crippen LogP contribution in [0.15, 0.2) is 12.2 Å². The fourth-order valence-electron chi connectivity index (χ4n) is 1.29. The lowest BCUT2D eigenvalue weighted by atomic mass is 10.1. The third kappa shape index (κ3) is 31.3. The van der Waals surface area contributed by atoms with Crippen LogP contribution in [-0.4, -0.2) is 22.8 Å². The molecule has 0 aliphatic heterocycles. The predicted octanol–water partition coefficient (Wildman–Crippen LogP) is 3.77. The second-order valence-electron chi connectivity index (χ2n) is 4.06. The first-order valence-corrected chi connectivity index (χ1v) is 6.60. The van der Waals surface area contributed by atoms with Gasteiger partial charge in [-0.1, -0.05) is 44.8 Å². The molecule has 3 heteroatoms. The van der Waals surface area contributed by atoms with Crippen molar-refractivity contribution in [2.24, 2.45) is 0 Å². The van der Waals surface area contributed by atoms with E-state index in [2.05, 4.69) is 19.1 Å². The van der Waals surface area contributed by atoms with Crippen molar-refractivity contribution in [3.63, 3.8) is 0 Å². The third-order valence-corrected chi connectivity index (χ3v) is 2.17. The minimum Gasteiger partial charge on any atom is -0.481 e. The Morgan fingerprint density at radius 3 is 1.94 bits per heavy atom. The molecule has 0 aliphatic carbocycles. The summed E-state index contributed by atoms with van der Waals surface area (Å²) in [5, 5.41) is 16.0. The Labute approximate surface area is 106 Å². The lowest BCUT2D eigenvalue weighted by molar-refractivity contribution is -0.134. The van der Waals surface area contributed by atoms with Gasteiger partial charge in [0.2, 0.25) is 0 Å². The largest absolute Gasteiger partial charge is 0.481 e. The van der Waals surface area contributed by atoms with Gasteiger partial charge in [-0.15, -0.1) is 0 Å². The third-order valence-electron chi connectivity index (χ3n) is 2.17. The van der Waals surface area contributed by atoms with Gasteiger partial charge in [0.25, 0.3) is 5.97 Å². The van der Waals surface area contributed by atoms with Crippen LogP contribution < -0.4 is 0 Å². The molecule has 2 N–H and O–H groups in total. The van der Waals surface area contributed by atoms with E-state index in [9.17, 15) is 0 Å². The van der Waals surface area contributed by atoms with E-state index < -0.39 is 5.97 Å². The van der Waals surface area contributed by atoms with Crippen LogP contribution in [0, 0.1) is 0 Å². The molecular weight excluding hydrogens is 216 g/mol. The summed E-state index contributed by atoms with van der Waals surface area (Å²) in [5.74, 6) is -0.833. The van der Waals surface area contributed by atoms with E-state index >= 15 is 0 Å². The summed E-state index contributed by atoms with van der Waals surface area (Å²) >= 11 is 0. The summed E-state index contributed by atoms with van der Waals surface area (Å²) in [4.78, 5) is 9.00. The highest BCUT2D eigenvalue weighted by molar-refractivity contribution is 5.62. The molecule has 0 aromatic carbocycles. The van der Waals surface area contributed by atoms with Crippen molar-refractivity contribution in [1.29, 1.82) is 0 Å². The van der Waals surface area contributed by atoms with Crippen molar-refractivity contribution in [3.8, 4) is 0 Å². The number of hydrogen-bond donors (Lipinski definition) is 2. The number of aliphatic hydroxyl groups excluding tert-OH is 1. The first-order valence-electron chi connectivity index (χ1n) is 6.60. The van der Waals surface area contributed by atoms with Gasteiger partial charge < -0.3 is 10.2 Å². The first-order chi connectivity index (χ1) is 8.15. The maximum Gasteiger partial charge on any atom is 0.300 e. The molecule has 0 heterocycles. The summed E-state index contributed by atoms with van der Waals surface area (Å²) < 4.78 is 0. The number of allylic oxidation sites excluding steroid dienone is 2. The highest BCUT2D eigenvalue weighted by atomic mass is 16.4. The van der Waals surface area contributed by atoms with E-state index in [-0.39, 0.29) is 0 Å². The SMILES string of the molecule is CC(=O)O.CCCC/C=C\CCCCCCO. The zero-order chi connectivity index (χ0) is 13.4. The monoisotopic (exact) mass is 244 g/mol. The molecule has 0 unspecified atom stereocenters. The van der Waals surface area contributed by atoms with Crippen molar-refractivity contribution in [2.75, 3.05) is 6.61 Å². The molecule has 0 fully saturated rings. The van der Waals surface area contributed by atoms with E-state index in [0.717, 1.165) is 13.3 Å². The maximum atomic E-state index is 9.00. The molecule has 3 nitrogen and oxygen atoms in total. The molecule has 0 saturated carbocycles. The van der Waals surface area contributed by atoms with Gasteiger partial charge in [0.05, 0.1) is 0 Å². The van der Waals surface area contributed by atoms with Gasteiger partial charge in [0.1, 0.15) is 0 Å². The molecule has 0 bridgehead atoms. The number of carboxylic acid groups (broad SMARTS) is 1. The number of aliphatic hydroxyl groups is 1. The van der Waals surface area contributed by atoms with Crippen molar-refractivity contribution < 1.29 is 15.0 Å². The average Bonchev–Trinajstić information content (AvgIpc) is 2.26. The van der Waals surface area contributed by atoms with E-state index in [1.165, 1.54) is 44.9 Å². The zero-order valence-corrected chi connectivity index (χ0v) is 11.3. The minimum atomic E-state index is -0.833. The van der Waals surface area contributed by atoms with Crippen LogP contribution in [-0.2, 0) is 4.79 Å². The van der Waals surface area contributed by atoms with Gasteiger partial charge in [-0.2, -0.15) is 0 Å². The van der Waals surface area contributed by atoms with E-state index in [0.29, 0.717) is 6.61 Å². The molecule has 0 aromatic rings. The maximum absolute atomic E-state index is 9.00. The Bertz CT molecular complexity index is 172. The number of unbranched alkanes of at least 4 members (excludes halogenated alkanes) is 6. The Kier molecular flexibility index (Phi) is 19.1. The van der Waals surface area contributed by atoms with Crippen LogP contribution in [0.3, 0.4) is 0 Å². The van der Waals surface area contributed by atoms with Crippen LogP contribution in [0.2, 0.25) is 0 Å². The Morgan fingerprint density at radius 2 is 1.47 bits per heavy atom. The highest BCUT2D eigenvalue weighted by Crippen LogP contribution is 2.04. The number of carbonyl (C=O) groups is 1. The average molecular weight is 244 g/mol. The Morgan fingerprint density at radius 1 is 1.00 bits per heavy atom. The van der Waals surface area contributed by atoms with Crippen molar-refractivity contribution in [3.05, 3.63) is 12.2 Å². The summed E-state index contributed by atoms with van der Waals surface area (Å²) in [5.41, 5.74) is 0. The molecule has 0 aromatic heterocycles. The smallest absolute Gasteiger partial charge is 0.300 e. The highest BCUT2D eigenvalue weighted by Gasteiger charge is 1.86. The number of carboxylic acids is 1. The van der Waals surface area contributed by atoms with Crippen LogP contribution in [0.4, 0.5) is 0 Å². The van der Waals surface area contributed by atoms with E-state index in [4.69, 9.17) is 15.0 Å². The molecule has 0 saturated heterocycles. The molecule has 0 atom stereocenters. The normalized spacial score (nSPS) is 10.1. The van der Waals surface area contributed by atoms with E-state index in [1.54, 1.807) is 0 Å². The minimum absolute atomic E-state index is 0.354. The summed E-state index contributed by atoms with van der Waals surface area (Å²) in [7, 11) is 0. The van der Waals surface area contributed by atoms with E-state index in [1.807, 2.05) is 0 Å². The molecule has 102 valence electrons. The van der Waals surface area contributed by atoms with Gasteiger partial charge in [0, 0.05) is 13.5 Å². The molecule has 0 amide bonds. The lowest BCUT2D eigenvalue weighted by Crippen LogP contribution is -1.82. The van der Waals surface area contributed by atoms with Gasteiger partial charge >= 0.3 is 0 Å². The zero-order valence-electron chi connectivity index (χ0n) is 11.3. The Balaban J connectivity index is 0. The van der Waals surface area contributed by atoms with Crippen molar-refractivity contribution in [2.45, 2.75) is 65.2 Å². The van der Waals surface area contributed by atoms with Crippen LogP contribution in [0.25, 0.3) is 0 Å². The molecule has 0 rings (SSSR count). The van der Waals surface area contributed by atoms with Crippen molar-refractivity contribution in [1.82, 2.24) is 0 Å². The second kappa shape index (κ2) is 17.6. The second-order valence-corrected chi connectivity index (χ2v) is 4.06. The number of aliphatic carboxylic acids is 1. The summed E-state index contributed by atoms with van der Waals surface area (Å²) in [6.45, 7) is 3.66. The summed E-state index contributed by atoms with van der Waals surface area (Å²) in [6.07, 6.45) is 14.4. The quantitative estimate of drug-likeness (QED) is 0.479. The molecule has 0 spiro atoms. The fourth-order valence-corrected chi connectivity index (χ4v) is 1.29. The lowest BCUT2D eigenvalue weighted by Gasteiger charge is -1.95. The fraction of sp³-hybridized carbons (Fsp3) is 0.786. The molecule has 0 aliphatic rings. The van der Waals surface area contributed by atoms with Gasteiger partial charge in [0.15, 0.2) is 0 Å². The predicted molar refractivity (Wildman–Crippen MR) is 72.1 cm³/mol. The number of hydrogen-bond acceptors (Lipinski definition) is 2. The Hall–Kier alpha value is -0.830. The molecular formula is C14H28O3. The molecule has 0 radical (unpaired) electrons. The standard InChI is InChI=1S/C12H24O.C2H4O2/c1-2-3-4-5-6-7-8-9-10-11-12-13;1-2(3)4/h5-6,13H,2-4,7-12H2,1H3;1H3,(H,3,4)/b6-5-;. The van der Waals surface area contributed by atoms with Crippen LogP contribution in [0.1, 0.15) is 65.2 Å². The van der Waals surface area contributed by atoms with Crippen LogP contribution >= 0.6 is 0 Å². The van der Waals surface area contributed by atoms with Crippen LogP contribution in [0.5, 0.6) is 0 Å². The van der Waals surface area contributed by atoms with Gasteiger partial charge in [-0.3, -0.25) is 4.79 Å².